The lowest BCUT2D eigenvalue weighted by molar-refractivity contribution is -0.132. The summed E-state index contributed by atoms with van der Waals surface area (Å²) in [4.78, 5) is 22.6. The molecule has 0 aliphatic heterocycles. The highest BCUT2D eigenvalue weighted by molar-refractivity contribution is 5.91. The number of hydrogen-bond donors (Lipinski definition) is 0. The number of allylic oxidation sites excluding steroid dienone is 1. The van der Waals surface area contributed by atoms with Gasteiger partial charge in [0.05, 0.1) is 0 Å². The van der Waals surface area contributed by atoms with Crippen molar-refractivity contribution in [2.45, 2.75) is 34.6 Å². The fourth-order valence-electron chi connectivity index (χ4n) is 0.824. The summed E-state index contributed by atoms with van der Waals surface area (Å²) in [6, 6.07) is 0. The minimum absolute atomic E-state index is 0.00580. The number of ether oxygens (including phenoxy) is 1. The third kappa shape index (κ3) is 7.03. The first-order valence-corrected chi connectivity index (χ1v) is 5.02. The van der Waals surface area contributed by atoms with Gasteiger partial charge in [-0.15, -0.1) is 0 Å². The van der Waals surface area contributed by atoms with Crippen molar-refractivity contribution in [3.8, 4) is 0 Å². The molecule has 86 valence electrons. The molecule has 0 rings (SSSR count). The van der Waals surface area contributed by atoms with Gasteiger partial charge in [0.15, 0.2) is 11.6 Å². The van der Waals surface area contributed by atoms with Gasteiger partial charge >= 0.3 is 0 Å². The normalized spacial score (nSPS) is 11.0. The average Bonchev–Trinajstić information content (AvgIpc) is 2.00. The molecule has 3 heteroatoms. The van der Waals surface area contributed by atoms with Gasteiger partial charge in [-0.1, -0.05) is 26.3 Å². The van der Waals surface area contributed by atoms with E-state index in [9.17, 15) is 9.59 Å². The average molecular weight is 212 g/mol. The Morgan fingerprint density at radius 3 is 2.07 bits per heavy atom. The first-order chi connectivity index (χ1) is 6.73. The number of Topliss-reactive ketones (excluding diaryl/α,β-unsaturated/α-hetero) is 1. The van der Waals surface area contributed by atoms with Gasteiger partial charge in [0.1, 0.15) is 13.2 Å². The number of carbonyl (C=O) groups is 2. The molecule has 3 nitrogen and oxygen atoms in total. The van der Waals surface area contributed by atoms with Gasteiger partial charge in [-0.3, -0.25) is 9.59 Å². The summed E-state index contributed by atoms with van der Waals surface area (Å²) in [7, 11) is 0. The van der Waals surface area contributed by atoms with Gasteiger partial charge in [0, 0.05) is 5.41 Å². The Labute approximate surface area is 91.5 Å². The second-order valence-electron chi connectivity index (χ2n) is 4.85. The summed E-state index contributed by atoms with van der Waals surface area (Å²) in [6.07, 6.45) is 1.52. The number of hydrogen-bond acceptors (Lipinski definition) is 3. The van der Waals surface area contributed by atoms with Crippen molar-refractivity contribution in [3.05, 3.63) is 11.6 Å². The Kier molecular flexibility index (Phi) is 5.44. The molecule has 0 unspecified atom stereocenters. The van der Waals surface area contributed by atoms with E-state index in [0.717, 1.165) is 5.57 Å². The molecule has 0 aliphatic carbocycles. The monoisotopic (exact) mass is 212 g/mol. The zero-order valence-electron chi connectivity index (χ0n) is 10.2. The van der Waals surface area contributed by atoms with Gasteiger partial charge in [-0.05, 0) is 19.9 Å². The maximum absolute atomic E-state index is 11.4. The van der Waals surface area contributed by atoms with E-state index in [2.05, 4.69) is 0 Å². The van der Waals surface area contributed by atoms with Crippen LogP contribution >= 0.6 is 0 Å². The van der Waals surface area contributed by atoms with Crippen LogP contribution in [0.25, 0.3) is 0 Å². The van der Waals surface area contributed by atoms with E-state index >= 15 is 0 Å². The van der Waals surface area contributed by atoms with E-state index in [1.807, 2.05) is 34.6 Å². The molecule has 0 aromatic rings. The predicted octanol–water partition coefficient (Wildman–Crippen LogP) is 2.15. The van der Waals surface area contributed by atoms with Crippen LogP contribution in [0.3, 0.4) is 0 Å². The minimum Gasteiger partial charge on any atom is -0.366 e. The van der Waals surface area contributed by atoms with E-state index in [-0.39, 0.29) is 24.8 Å². The topological polar surface area (TPSA) is 43.4 Å². The molecule has 0 fully saturated rings. The number of ketones is 2. The summed E-state index contributed by atoms with van der Waals surface area (Å²) in [6.45, 7) is 9.17. The molecule has 0 atom stereocenters. The molecule has 0 radical (unpaired) electrons. The summed E-state index contributed by atoms with van der Waals surface area (Å²) in [5.74, 6) is -0.0933. The van der Waals surface area contributed by atoms with Gasteiger partial charge in [-0.25, -0.2) is 0 Å². The molecule has 15 heavy (non-hydrogen) atoms. The molecule has 0 spiro atoms. The molecular weight excluding hydrogens is 192 g/mol. The van der Waals surface area contributed by atoms with Crippen molar-refractivity contribution < 1.29 is 14.3 Å². The Bertz CT molecular complexity index is 265. The summed E-state index contributed by atoms with van der Waals surface area (Å²) < 4.78 is 5.04. The Morgan fingerprint density at radius 2 is 1.67 bits per heavy atom. The third-order valence-corrected chi connectivity index (χ3v) is 1.76. The first-order valence-electron chi connectivity index (χ1n) is 5.02. The van der Waals surface area contributed by atoms with Crippen LogP contribution in [-0.2, 0) is 14.3 Å². The SMILES string of the molecule is CC(C)=CC(=O)COCC(=O)C(C)(C)C. The van der Waals surface area contributed by atoms with Crippen LogP contribution in [0.1, 0.15) is 34.6 Å². The highest BCUT2D eigenvalue weighted by Crippen LogP contribution is 2.14. The molecule has 0 aromatic carbocycles. The lowest BCUT2D eigenvalue weighted by atomic mass is 9.91. The molecule has 0 aliphatic rings. The van der Waals surface area contributed by atoms with Crippen molar-refractivity contribution in [1.82, 2.24) is 0 Å². The minimum atomic E-state index is -0.403. The van der Waals surface area contributed by atoms with Crippen molar-refractivity contribution in [2.24, 2.45) is 5.41 Å². The van der Waals surface area contributed by atoms with Gasteiger partial charge < -0.3 is 4.74 Å². The maximum atomic E-state index is 11.4. The lowest BCUT2D eigenvalue weighted by Crippen LogP contribution is -2.26. The van der Waals surface area contributed by atoms with Crippen LogP contribution in [0.5, 0.6) is 0 Å². The van der Waals surface area contributed by atoms with Gasteiger partial charge in [0.25, 0.3) is 0 Å². The van der Waals surface area contributed by atoms with Crippen LogP contribution in [0.2, 0.25) is 0 Å². The molecule has 0 N–H and O–H groups in total. The molecular formula is C12H20O3. The Morgan fingerprint density at radius 1 is 1.13 bits per heavy atom. The van der Waals surface area contributed by atoms with E-state index in [0.29, 0.717) is 0 Å². The fraction of sp³-hybridized carbons (Fsp3) is 0.667. The van der Waals surface area contributed by atoms with E-state index in [1.54, 1.807) is 0 Å². The van der Waals surface area contributed by atoms with Gasteiger partial charge in [0.2, 0.25) is 0 Å². The molecule has 0 bridgehead atoms. The van der Waals surface area contributed by atoms with Crippen LogP contribution in [0.15, 0.2) is 11.6 Å². The summed E-state index contributed by atoms with van der Waals surface area (Å²) >= 11 is 0. The van der Waals surface area contributed by atoms with Crippen LogP contribution in [0.4, 0.5) is 0 Å². The maximum Gasteiger partial charge on any atom is 0.181 e. The quantitative estimate of drug-likeness (QED) is 0.656. The van der Waals surface area contributed by atoms with Crippen molar-refractivity contribution in [2.75, 3.05) is 13.2 Å². The molecule has 0 saturated carbocycles. The second kappa shape index (κ2) is 5.81. The van der Waals surface area contributed by atoms with E-state index < -0.39 is 5.41 Å². The smallest absolute Gasteiger partial charge is 0.181 e. The van der Waals surface area contributed by atoms with Crippen molar-refractivity contribution in [1.29, 1.82) is 0 Å². The molecule has 0 amide bonds. The predicted molar refractivity (Wildman–Crippen MR) is 59.7 cm³/mol. The molecule has 0 saturated heterocycles. The van der Waals surface area contributed by atoms with Crippen molar-refractivity contribution in [3.63, 3.8) is 0 Å². The van der Waals surface area contributed by atoms with E-state index in [1.165, 1.54) is 6.08 Å². The first kappa shape index (κ1) is 14.0. The van der Waals surface area contributed by atoms with E-state index in [4.69, 9.17) is 4.74 Å². The lowest BCUT2D eigenvalue weighted by Gasteiger charge is -2.15. The number of rotatable bonds is 5. The fourth-order valence-corrected chi connectivity index (χ4v) is 0.824. The highest BCUT2D eigenvalue weighted by atomic mass is 16.5. The standard InChI is InChI=1S/C12H20O3/c1-9(2)6-10(13)7-15-8-11(14)12(3,4)5/h6H,7-8H2,1-5H3. The third-order valence-electron chi connectivity index (χ3n) is 1.76. The molecule has 0 heterocycles. The van der Waals surface area contributed by atoms with Crippen LogP contribution in [-0.4, -0.2) is 24.8 Å². The highest BCUT2D eigenvalue weighted by Gasteiger charge is 2.20. The van der Waals surface area contributed by atoms with Crippen LogP contribution < -0.4 is 0 Å². The second-order valence-corrected chi connectivity index (χ2v) is 4.85. The zero-order chi connectivity index (χ0) is 12.1. The number of carbonyl (C=O) groups excluding carboxylic acids is 2. The van der Waals surface area contributed by atoms with Crippen LogP contribution in [0, 0.1) is 5.41 Å². The zero-order valence-corrected chi connectivity index (χ0v) is 10.2. The molecule has 0 aromatic heterocycles. The van der Waals surface area contributed by atoms with Gasteiger partial charge in [-0.2, -0.15) is 0 Å². The summed E-state index contributed by atoms with van der Waals surface area (Å²) in [5.41, 5.74) is 0.533. The Balaban J connectivity index is 3.87. The summed E-state index contributed by atoms with van der Waals surface area (Å²) in [5, 5.41) is 0. The Hall–Kier alpha value is -0.960. The largest absolute Gasteiger partial charge is 0.366 e. The van der Waals surface area contributed by atoms with Crippen molar-refractivity contribution >= 4 is 11.6 Å².